The summed E-state index contributed by atoms with van der Waals surface area (Å²) in [5.74, 6) is 0.0405. The lowest BCUT2D eigenvalue weighted by Gasteiger charge is -2.12. The van der Waals surface area contributed by atoms with Crippen LogP contribution in [0.4, 0.5) is 5.69 Å². The van der Waals surface area contributed by atoms with Crippen molar-refractivity contribution in [3.05, 3.63) is 45.6 Å². The molecule has 1 aromatic heterocycles. The molecule has 0 saturated carbocycles. The third-order valence-electron chi connectivity index (χ3n) is 3.82. The first-order chi connectivity index (χ1) is 10.6. The number of aliphatic hydroxyl groups is 1. The summed E-state index contributed by atoms with van der Waals surface area (Å²) in [6.07, 6.45) is 2.02. The van der Waals surface area contributed by atoms with Gasteiger partial charge in [0.1, 0.15) is 5.69 Å². The molecule has 2 aromatic rings. The molecule has 0 spiro atoms. The SMILES string of the molecule is O=C1CCCc2c1c(-c1ccc([N+](=O)[O-])cc1)nn2CCO. The van der Waals surface area contributed by atoms with Crippen LogP contribution in [0.1, 0.15) is 28.9 Å². The Balaban J connectivity index is 2.10. The topological polar surface area (TPSA) is 98.3 Å². The molecule has 1 heterocycles. The van der Waals surface area contributed by atoms with Gasteiger partial charge in [-0.3, -0.25) is 19.6 Å². The summed E-state index contributed by atoms with van der Waals surface area (Å²) < 4.78 is 1.67. The maximum Gasteiger partial charge on any atom is 0.269 e. The predicted molar refractivity (Wildman–Crippen MR) is 78.7 cm³/mol. The third kappa shape index (κ3) is 2.39. The van der Waals surface area contributed by atoms with Gasteiger partial charge in [-0.25, -0.2) is 0 Å². The van der Waals surface area contributed by atoms with Crippen molar-refractivity contribution in [2.45, 2.75) is 25.8 Å². The van der Waals surface area contributed by atoms with Gasteiger partial charge >= 0.3 is 0 Å². The molecule has 1 aliphatic carbocycles. The van der Waals surface area contributed by atoms with Crippen molar-refractivity contribution in [2.24, 2.45) is 0 Å². The first kappa shape index (κ1) is 14.4. The third-order valence-corrected chi connectivity index (χ3v) is 3.82. The van der Waals surface area contributed by atoms with Crippen molar-refractivity contribution in [1.82, 2.24) is 9.78 Å². The number of aliphatic hydroxyl groups excluding tert-OH is 1. The number of aromatic nitrogens is 2. The first-order valence-corrected chi connectivity index (χ1v) is 7.10. The Morgan fingerprint density at radius 2 is 2.00 bits per heavy atom. The highest BCUT2D eigenvalue weighted by Crippen LogP contribution is 2.32. The Labute approximate surface area is 126 Å². The Bertz CT molecular complexity index is 734. The number of hydrogen-bond acceptors (Lipinski definition) is 5. The number of non-ortho nitro benzene ring substituents is 1. The fourth-order valence-electron chi connectivity index (χ4n) is 2.81. The van der Waals surface area contributed by atoms with Crippen LogP contribution in [0.3, 0.4) is 0 Å². The summed E-state index contributed by atoms with van der Waals surface area (Å²) >= 11 is 0. The van der Waals surface area contributed by atoms with Crippen LogP contribution in [0.2, 0.25) is 0 Å². The van der Waals surface area contributed by atoms with E-state index in [2.05, 4.69) is 5.10 Å². The Morgan fingerprint density at radius 3 is 2.64 bits per heavy atom. The lowest BCUT2D eigenvalue weighted by molar-refractivity contribution is -0.384. The molecule has 0 unspecified atom stereocenters. The molecule has 22 heavy (non-hydrogen) atoms. The normalized spacial score (nSPS) is 14.0. The van der Waals surface area contributed by atoms with Crippen molar-refractivity contribution in [3.63, 3.8) is 0 Å². The fourth-order valence-corrected chi connectivity index (χ4v) is 2.81. The zero-order valence-corrected chi connectivity index (χ0v) is 11.9. The standard InChI is InChI=1S/C15H15N3O4/c19-9-8-17-12-2-1-3-13(20)14(12)15(16-17)10-4-6-11(7-5-10)18(21)22/h4-7,19H,1-3,8-9H2. The van der Waals surface area contributed by atoms with Gasteiger partial charge in [-0.15, -0.1) is 0 Å². The minimum atomic E-state index is -0.464. The number of hydrogen-bond donors (Lipinski definition) is 1. The quantitative estimate of drug-likeness (QED) is 0.687. The Hall–Kier alpha value is -2.54. The summed E-state index contributed by atoms with van der Waals surface area (Å²) in [7, 11) is 0. The lowest BCUT2D eigenvalue weighted by atomic mass is 9.92. The Morgan fingerprint density at radius 1 is 1.27 bits per heavy atom. The number of carbonyl (C=O) groups is 1. The molecule has 1 aromatic carbocycles. The van der Waals surface area contributed by atoms with Crippen molar-refractivity contribution in [2.75, 3.05) is 6.61 Å². The van der Waals surface area contributed by atoms with Crippen LogP contribution in [0.5, 0.6) is 0 Å². The number of fused-ring (bicyclic) bond motifs is 1. The van der Waals surface area contributed by atoms with Crippen LogP contribution in [-0.4, -0.2) is 32.2 Å². The van der Waals surface area contributed by atoms with Crippen molar-refractivity contribution >= 4 is 11.5 Å². The number of benzene rings is 1. The second kappa shape index (κ2) is 5.69. The number of Topliss-reactive ketones (excluding diaryl/α,β-unsaturated/α-hetero) is 1. The molecule has 7 heteroatoms. The second-order valence-electron chi connectivity index (χ2n) is 5.20. The summed E-state index contributed by atoms with van der Waals surface area (Å²) in [5.41, 5.74) is 2.66. The van der Waals surface area contributed by atoms with E-state index in [0.717, 1.165) is 18.5 Å². The van der Waals surface area contributed by atoms with E-state index in [1.807, 2.05) is 0 Å². The molecule has 0 amide bonds. The minimum absolute atomic E-state index is 0.00117. The molecule has 0 fully saturated rings. The highest BCUT2D eigenvalue weighted by molar-refractivity contribution is 6.03. The van der Waals surface area contributed by atoms with Gasteiger partial charge in [-0.05, 0) is 25.0 Å². The van der Waals surface area contributed by atoms with Crippen LogP contribution in [-0.2, 0) is 13.0 Å². The first-order valence-electron chi connectivity index (χ1n) is 7.10. The monoisotopic (exact) mass is 301 g/mol. The average molecular weight is 301 g/mol. The number of nitrogens with zero attached hydrogens (tertiary/aromatic N) is 3. The molecule has 7 nitrogen and oxygen atoms in total. The van der Waals surface area contributed by atoms with Gasteiger partial charge in [-0.1, -0.05) is 0 Å². The fraction of sp³-hybridized carbons (Fsp3) is 0.333. The second-order valence-corrected chi connectivity index (χ2v) is 5.20. The molecule has 0 aliphatic heterocycles. The molecule has 1 N–H and O–H groups in total. The van der Waals surface area contributed by atoms with E-state index < -0.39 is 4.92 Å². The summed E-state index contributed by atoms with van der Waals surface area (Å²) in [6, 6.07) is 6.01. The van der Waals surface area contributed by atoms with E-state index in [4.69, 9.17) is 5.11 Å². The van der Waals surface area contributed by atoms with E-state index in [-0.39, 0.29) is 18.1 Å². The zero-order valence-electron chi connectivity index (χ0n) is 11.9. The van der Waals surface area contributed by atoms with E-state index >= 15 is 0 Å². The largest absolute Gasteiger partial charge is 0.394 e. The van der Waals surface area contributed by atoms with Gasteiger partial charge in [-0.2, -0.15) is 5.10 Å². The van der Waals surface area contributed by atoms with Gasteiger partial charge in [0.2, 0.25) is 0 Å². The highest BCUT2D eigenvalue weighted by atomic mass is 16.6. The van der Waals surface area contributed by atoms with Crippen LogP contribution in [0, 0.1) is 10.1 Å². The van der Waals surface area contributed by atoms with Crippen LogP contribution >= 0.6 is 0 Å². The summed E-state index contributed by atoms with van der Waals surface area (Å²) in [5, 5.41) is 24.3. The van der Waals surface area contributed by atoms with Crippen LogP contribution in [0.15, 0.2) is 24.3 Å². The number of ketones is 1. The number of nitro benzene ring substituents is 1. The van der Waals surface area contributed by atoms with Crippen molar-refractivity contribution < 1.29 is 14.8 Å². The Kier molecular flexibility index (Phi) is 3.72. The molecular weight excluding hydrogens is 286 g/mol. The number of rotatable bonds is 4. The lowest BCUT2D eigenvalue weighted by Crippen LogP contribution is -2.15. The molecule has 3 rings (SSSR count). The molecule has 0 saturated heterocycles. The van der Waals surface area contributed by atoms with E-state index in [1.54, 1.807) is 16.8 Å². The van der Waals surface area contributed by atoms with E-state index in [1.165, 1.54) is 12.1 Å². The summed E-state index contributed by atoms with van der Waals surface area (Å²) in [6.45, 7) is 0.282. The molecule has 114 valence electrons. The van der Waals surface area contributed by atoms with Gasteiger partial charge < -0.3 is 5.11 Å². The smallest absolute Gasteiger partial charge is 0.269 e. The van der Waals surface area contributed by atoms with Gasteiger partial charge in [0.15, 0.2) is 5.78 Å². The highest BCUT2D eigenvalue weighted by Gasteiger charge is 2.27. The summed E-state index contributed by atoms with van der Waals surface area (Å²) in [4.78, 5) is 22.5. The molecular formula is C15H15N3O4. The maximum absolute atomic E-state index is 12.2. The van der Waals surface area contributed by atoms with Crippen LogP contribution < -0.4 is 0 Å². The average Bonchev–Trinajstić information content (AvgIpc) is 2.88. The minimum Gasteiger partial charge on any atom is -0.394 e. The number of nitro groups is 1. The number of carbonyl (C=O) groups excluding carboxylic acids is 1. The van der Waals surface area contributed by atoms with Crippen LogP contribution in [0.25, 0.3) is 11.3 Å². The van der Waals surface area contributed by atoms with E-state index in [0.29, 0.717) is 29.8 Å². The molecule has 0 radical (unpaired) electrons. The van der Waals surface area contributed by atoms with Crippen molar-refractivity contribution in [1.29, 1.82) is 0 Å². The zero-order chi connectivity index (χ0) is 15.7. The van der Waals surface area contributed by atoms with Gasteiger partial charge in [0.25, 0.3) is 5.69 Å². The van der Waals surface area contributed by atoms with Crippen molar-refractivity contribution in [3.8, 4) is 11.3 Å². The molecule has 0 atom stereocenters. The van der Waals surface area contributed by atoms with Gasteiger partial charge in [0, 0.05) is 29.8 Å². The predicted octanol–water partition coefficient (Wildman–Crippen LogP) is 1.97. The molecule has 0 bridgehead atoms. The molecule has 1 aliphatic rings. The van der Waals surface area contributed by atoms with Gasteiger partial charge in [0.05, 0.1) is 23.6 Å². The van der Waals surface area contributed by atoms with E-state index in [9.17, 15) is 14.9 Å². The maximum atomic E-state index is 12.2.